The Bertz CT molecular complexity index is 110. The second-order valence-corrected chi connectivity index (χ2v) is 3.50. The lowest BCUT2D eigenvalue weighted by Crippen LogP contribution is -2.26. The number of unbranched alkanes of at least 4 members (excludes halogenated alkanes) is 1. The molecule has 0 bridgehead atoms. The van der Waals surface area contributed by atoms with Crippen molar-refractivity contribution in [2.45, 2.75) is 32.2 Å². The van der Waals surface area contributed by atoms with Crippen molar-refractivity contribution in [1.29, 1.82) is 0 Å². The van der Waals surface area contributed by atoms with Crippen LogP contribution in [0, 0.1) is 0 Å². The average Bonchev–Trinajstić information content (AvgIpc) is 2.01. The second kappa shape index (κ2) is 7.32. The highest BCUT2D eigenvalue weighted by atomic mass is 15.1. The number of nitrogens with zero attached hydrogens (tertiary/aromatic N) is 1. The summed E-state index contributed by atoms with van der Waals surface area (Å²) in [7, 11) is 2.14. The van der Waals surface area contributed by atoms with Gasteiger partial charge in [0.25, 0.3) is 0 Å². The van der Waals surface area contributed by atoms with Crippen LogP contribution in [0.4, 0.5) is 0 Å². The van der Waals surface area contributed by atoms with Gasteiger partial charge in [0, 0.05) is 6.04 Å². The van der Waals surface area contributed by atoms with Crippen LogP contribution >= 0.6 is 0 Å². The first kappa shape index (κ1) is 11.7. The van der Waals surface area contributed by atoms with Crippen molar-refractivity contribution in [3.8, 4) is 0 Å². The zero-order valence-corrected chi connectivity index (χ0v) is 8.42. The van der Waals surface area contributed by atoms with Gasteiger partial charge in [-0.2, -0.15) is 0 Å². The number of allylic oxidation sites excluding steroid dienone is 1. The van der Waals surface area contributed by atoms with Crippen molar-refractivity contribution >= 4 is 0 Å². The first-order valence-electron chi connectivity index (χ1n) is 4.72. The Hall–Kier alpha value is -0.340. The fourth-order valence-electron chi connectivity index (χ4n) is 1.04. The summed E-state index contributed by atoms with van der Waals surface area (Å²) in [4.78, 5) is 2.33. The first-order valence-corrected chi connectivity index (χ1v) is 4.72. The zero-order valence-electron chi connectivity index (χ0n) is 8.42. The topological polar surface area (TPSA) is 29.3 Å². The lowest BCUT2D eigenvalue weighted by Gasteiger charge is -2.16. The van der Waals surface area contributed by atoms with Crippen LogP contribution < -0.4 is 5.73 Å². The summed E-state index contributed by atoms with van der Waals surface area (Å²) < 4.78 is 0. The highest BCUT2D eigenvalue weighted by molar-refractivity contribution is 4.67. The highest BCUT2D eigenvalue weighted by Crippen LogP contribution is 1.95. The third kappa shape index (κ3) is 7.76. The maximum atomic E-state index is 5.65. The summed E-state index contributed by atoms with van der Waals surface area (Å²) in [5.41, 5.74) is 5.65. The Morgan fingerprint density at radius 2 is 2.17 bits per heavy atom. The minimum atomic E-state index is 0.326. The standard InChI is InChI=1S/C10H22N2/c1-4-5-6-8-12(3)9-7-10(2)11/h4,10H,1,5-9,11H2,2-3H3/t10-/m1/s1. The molecule has 0 fully saturated rings. The van der Waals surface area contributed by atoms with Crippen molar-refractivity contribution in [1.82, 2.24) is 4.90 Å². The molecule has 0 saturated carbocycles. The van der Waals surface area contributed by atoms with Gasteiger partial charge in [-0.25, -0.2) is 0 Å². The lowest BCUT2D eigenvalue weighted by atomic mass is 10.2. The molecule has 72 valence electrons. The summed E-state index contributed by atoms with van der Waals surface area (Å²) >= 11 is 0. The molecule has 1 atom stereocenters. The minimum absolute atomic E-state index is 0.326. The van der Waals surface area contributed by atoms with Crippen molar-refractivity contribution < 1.29 is 0 Å². The van der Waals surface area contributed by atoms with E-state index >= 15 is 0 Å². The van der Waals surface area contributed by atoms with Gasteiger partial charge in [-0.05, 0) is 46.3 Å². The van der Waals surface area contributed by atoms with Crippen LogP contribution in [0.5, 0.6) is 0 Å². The smallest absolute Gasteiger partial charge is 0.00226 e. The van der Waals surface area contributed by atoms with Crippen LogP contribution in [0.25, 0.3) is 0 Å². The van der Waals surface area contributed by atoms with Gasteiger partial charge in [0.2, 0.25) is 0 Å². The molecular weight excluding hydrogens is 148 g/mol. The Morgan fingerprint density at radius 1 is 1.50 bits per heavy atom. The molecule has 0 aliphatic carbocycles. The Kier molecular flexibility index (Phi) is 7.11. The predicted octanol–water partition coefficient (Wildman–Crippen LogP) is 1.62. The van der Waals surface area contributed by atoms with Gasteiger partial charge in [-0.15, -0.1) is 6.58 Å². The fourth-order valence-corrected chi connectivity index (χ4v) is 1.04. The molecule has 12 heavy (non-hydrogen) atoms. The maximum absolute atomic E-state index is 5.65. The molecule has 0 heterocycles. The molecule has 0 unspecified atom stereocenters. The molecule has 0 rings (SSSR count). The monoisotopic (exact) mass is 170 g/mol. The molecule has 0 spiro atoms. The molecule has 0 aliphatic heterocycles. The Morgan fingerprint density at radius 3 is 2.67 bits per heavy atom. The van der Waals surface area contributed by atoms with E-state index in [1.54, 1.807) is 0 Å². The highest BCUT2D eigenvalue weighted by Gasteiger charge is 1.99. The van der Waals surface area contributed by atoms with Crippen molar-refractivity contribution in [3.63, 3.8) is 0 Å². The van der Waals surface area contributed by atoms with Gasteiger partial charge >= 0.3 is 0 Å². The third-order valence-corrected chi connectivity index (χ3v) is 1.91. The van der Waals surface area contributed by atoms with Gasteiger partial charge < -0.3 is 10.6 Å². The van der Waals surface area contributed by atoms with E-state index in [0.29, 0.717) is 6.04 Å². The minimum Gasteiger partial charge on any atom is -0.328 e. The molecule has 2 heteroatoms. The van der Waals surface area contributed by atoms with Gasteiger partial charge in [-0.1, -0.05) is 6.08 Å². The summed E-state index contributed by atoms with van der Waals surface area (Å²) in [5.74, 6) is 0. The normalized spacial score (nSPS) is 13.3. The van der Waals surface area contributed by atoms with Crippen LogP contribution in [0.1, 0.15) is 26.2 Å². The summed E-state index contributed by atoms with van der Waals surface area (Å²) in [6, 6.07) is 0.326. The predicted molar refractivity (Wildman–Crippen MR) is 55.2 cm³/mol. The quantitative estimate of drug-likeness (QED) is 0.465. The van der Waals surface area contributed by atoms with E-state index in [1.165, 1.54) is 6.42 Å². The van der Waals surface area contributed by atoms with Crippen molar-refractivity contribution in [2.24, 2.45) is 5.73 Å². The number of rotatable bonds is 7. The van der Waals surface area contributed by atoms with Crippen LogP contribution in [-0.4, -0.2) is 31.1 Å². The van der Waals surface area contributed by atoms with Gasteiger partial charge in [-0.3, -0.25) is 0 Å². The molecule has 0 aromatic heterocycles. The first-order chi connectivity index (χ1) is 5.66. The van der Waals surface area contributed by atoms with Crippen LogP contribution in [-0.2, 0) is 0 Å². The van der Waals surface area contributed by atoms with E-state index in [1.807, 2.05) is 6.08 Å². The third-order valence-electron chi connectivity index (χ3n) is 1.91. The van der Waals surface area contributed by atoms with Crippen LogP contribution in [0.2, 0.25) is 0 Å². The lowest BCUT2D eigenvalue weighted by molar-refractivity contribution is 0.317. The number of hydrogen-bond donors (Lipinski definition) is 1. The number of hydrogen-bond acceptors (Lipinski definition) is 2. The fraction of sp³-hybridized carbons (Fsp3) is 0.800. The average molecular weight is 170 g/mol. The molecule has 2 N–H and O–H groups in total. The molecule has 2 nitrogen and oxygen atoms in total. The molecule has 0 saturated heterocycles. The molecule has 0 aromatic carbocycles. The van der Waals surface area contributed by atoms with E-state index in [-0.39, 0.29) is 0 Å². The van der Waals surface area contributed by atoms with E-state index in [4.69, 9.17) is 5.73 Å². The SMILES string of the molecule is C=CCCCN(C)CC[C@@H](C)N. The van der Waals surface area contributed by atoms with E-state index in [2.05, 4.69) is 25.5 Å². The molecule has 0 aliphatic rings. The van der Waals surface area contributed by atoms with Crippen LogP contribution in [0.15, 0.2) is 12.7 Å². The van der Waals surface area contributed by atoms with Gasteiger partial charge in [0.05, 0.1) is 0 Å². The molecular formula is C10H22N2. The van der Waals surface area contributed by atoms with E-state index in [0.717, 1.165) is 25.9 Å². The van der Waals surface area contributed by atoms with Gasteiger partial charge in [0.1, 0.15) is 0 Å². The maximum Gasteiger partial charge on any atom is 0.00226 e. The summed E-state index contributed by atoms with van der Waals surface area (Å²) in [6.45, 7) is 8.00. The number of nitrogens with two attached hydrogens (primary N) is 1. The van der Waals surface area contributed by atoms with Gasteiger partial charge in [0.15, 0.2) is 0 Å². The molecule has 0 amide bonds. The van der Waals surface area contributed by atoms with E-state index in [9.17, 15) is 0 Å². The molecule has 0 radical (unpaired) electrons. The molecule has 0 aromatic rings. The largest absolute Gasteiger partial charge is 0.328 e. The zero-order chi connectivity index (χ0) is 9.40. The second-order valence-electron chi connectivity index (χ2n) is 3.50. The van der Waals surface area contributed by atoms with E-state index < -0.39 is 0 Å². The van der Waals surface area contributed by atoms with Crippen molar-refractivity contribution in [3.05, 3.63) is 12.7 Å². The van der Waals surface area contributed by atoms with Crippen molar-refractivity contribution in [2.75, 3.05) is 20.1 Å². The summed E-state index contributed by atoms with van der Waals surface area (Å²) in [6.07, 6.45) is 5.38. The Labute approximate surface area is 76.4 Å². The van der Waals surface area contributed by atoms with Crippen LogP contribution in [0.3, 0.4) is 0 Å². The Balaban J connectivity index is 3.21. The summed E-state index contributed by atoms with van der Waals surface area (Å²) in [5, 5.41) is 0.